The molecule has 5 nitrogen and oxygen atoms in total. The smallest absolute Gasteiger partial charge is 0.351 e. The van der Waals surface area contributed by atoms with Crippen LogP contribution in [0.4, 0.5) is 10.1 Å². The number of rotatable bonds is 3. The molecule has 1 atom stereocenters. The summed E-state index contributed by atoms with van der Waals surface area (Å²) in [5, 5.41) is 13.9. The number of likely N-dealkylation sites (N-methyl/N-ethyl adjacent to an activating group) is 1. The van der Waals surface area contributed by atoms with Crippen LogP contribution in [0.1, 0.15) is 30.4 Å². The number of para-hydroxylation sites is 1. The van der Waals surface area contributed by atoms with Crippen molar-refractivity contribution in [3.63, 3.8) is 0 Å². The maximum absolute atomic E-state index is 13.4. The normalized spacial score (nSPS) is 18.9. The molecule has 0 saturated heterocycles. The zero-order chi connectivity index (χ0) is 24.9. The van der Waals surface area contributed by atoms with Crippen molar-refractivity contribution < 1.29 is 14.3 Å². The second kappa shape index (κ2) is 10.8. The summed E-state index contributed by atoms with van der Waals surface area (Å²) < 4.78 is 13.4. The summed E-state index contributed by atoms with van der Waals surface area (Å²) in [5.74, 6) is -0.427. The van der Waals surface area contributed by atoms with Crippen molar-refractivity contribution in [1.82, 2.24) is 14.7 Å². The number of hydrogen-bond donors (Lipinski definition) is 2. The van der Waals surface area contributed by atoms with Crippen LogP contribution in [0.2, 0.25) is 0 Å². The number of hydrogen-bond acceptors (Lipinski definition) is 3. The molecule has 0 fully saturated rings. The van der Waals surface area contributed by atoms with Crippen molar-refractivity contribution in [2.75, 3.05) is 21.1 Å². The monoisotopic (exact) mass is 480 g/mol. The van der Waals surface area contributed by atoms with E-state index >= 15 is 0 Å². The second-order valence-corrected chi connectivity index (χ2v) is 9.15. The molecular weight excluding hydrogens is 449 g/mol. The third-order valence-corrected chi connectivity index (χ3v) is 6.39. The van der Waals surface area contributed by atoms with E-state index in [0.717, 1.165) is 18.0 Å². The number of carbonyl (C=O) groups excluding carboxylic acids is 1. The highest BCUT2D eigenvalue weighted by atomic mass is 32.1. The first-order valence-corrected chi connectivity index (χ1v) is 11.5. The van der Waals surface area contributed by atoms with E-state index in [1.54, 1.807) is 31.3 Å². The number of fused-ring (bicyclic) bond motifs is 1. The van der Waals surface area contributed by atoms with Crippen molar-refractivity contribution in [3.05, 3.63) is 89.9 Å². The molecule has 2 N–H and O–H groups in total. The van der Waals surface area contributed by atoms with Crippen molar-refractivity contribution in [2.24, 2.45) is 0 Å². The molecule has 0 radical (unpaired) electrons. The van der Waals surface area contributed by atoms with Crippen molar-refractivity contribution >= 4 is 34.5 Å². The van der Waals surface area contributed by atoms with Gasteiger partial charge in [0.15, 0.2) is 5.11 Å². The van der Waals surface area contributed by atoms with Crippen molar-refractivity contribution in [3.8, 4) is 5.75 Å². The molecule has 4 rings (SSSR count). The van der Waals surface area contributed by atoms with E-state index < -0.39 is 5.82 Å². The van der Waals surface area contributed by atoms with E-state index in [1.807, 2.05) is 25.1 Å². The highest BCUT2D eigenvalue weighted by molar-refractivity contribution is 7.80. The first-order valence-electron chi connectivity index (χ1n) is 11.1. The number of nitrogens with zero attached hydrogens (tertiary/aromatic N) is 2. The lowest BCUT2D eigenvalue weighted by Gasteiger charge is -2.27. The Hall–Kier alpha value is -3.29. The van der Waals surface area contributed by atoms with Gasteiger partial charge in [0.1, 0.15) is 23.8 Å². The number of phenolic OH excluding ortho intramolecular Hbond substituents is 1. The van der Waals surface area contributed by atoms with Gasteiger partial charge in [0.25, 0.3) is 0 Å². The lowest BCUT2D eigenvalue weighted by molar-refractivity contribution is -0.122. The van der Waals surface area contributed by atoms with Crippen LogP contribution < -0.4 is 9.80 Å². The Morgan fingerprint density at radius 2 is 2.00 bits per heavy atom. The molecule has 2 aromatic rings. The zero-order valence-corrected chi connectivity index (χ0v) is 20.7. The molecule has 1 aliphatic heterocycles. The molecule has 34 heavy (non-hydrogen) atoms. The fourth-order valence-electron chi connectivity index (χ4n) is 3.97. The number of carbonyl (C=O) groups is 1. The largest absolute Gasteiger partial charge is 0.507 e. The molecule has 1 heterocycles. The van der Waals surface area contributed by atoms with E-state index in [2.05, 4.69) is 30.1 Å². The fourth-order valence-corrected chi connectivity index (χ4v) is 4.10. The Kier molecular flexibility index (Phi) is 8.02. The Balaban J connectivity index is 0.000000215. The van der Waals surface area contributed by atoms with Crippen LogP contribution in [-0.4, -0.2) is 42.2 Å². The quantitative estimate of drug-likeness (QED) is 0.356. The molecule has 7 heteroatoms. The van der Waals surface area contributed by atoms with E-state index in [-0.39, 0.29) is 16.1 Å². The van der Waals surface area contributed by atoms with Crippen LogP contribution in [0.5, 0.6) is 5.75 Å². The van der Waals surface area contributed by atoms with E-state index in [4.69, 9.17) is 12.2 Å². The first-order chi connectivity index (χ1) is 16.1. The number of phenols is 1. The van der Waals surface area contributed by atoms with E-state index in [1.165, 1.54) is 24.3 Å². The number of aromatic hydroxyl groups is 1. The molecule has 2 aliphatic rings. The number of benzene rings is 2. The highest BCUT2D eigenvalue weighted by Crippen LogP contribution is 2.42. The second-order valence-electron chi connectivity index (χ2n) is 8.76. The minimum Gasteiger partial charge on any atom is -0.507 e. The predicted molar refractivity (Wildman–Crippen MR) is 140 cm³/mol. The molecule has 0 aromatic heterocycles. The van der Waals surface area contributed by atoms with E-state index in [0.29, 0.717) is 28.9 Å². The molecule has 1 unspecified atom stereocenters. The molecule has 2 aromatic carbocycles. The summed E-state index contributed by atoms with van der Waals surface area (Å²) in [6, 6.07) is 11.2. The van der Waals surface area contributed by atoms with Gasteiger partial charge in [-0.05, 0) is 61.8 Å². The average Bonchev–Trinajstić information content (AvgIpc) is 2.99. The average molecular weight is 481 g/mol. The van der Waals surface area contributed by atoms with E-state index in [9.17, 15) is 14.3 Å². The number of allylic oxidation sites excluding steroid dienone is 4. The standard InChI is InChI=1S/C17H14FNO2.C10H16N2S/c1-11-14-9-13(18)7-8-15(14)19(2,17(11)21)10-12-5-3-4-6-16(12)20;1-12(2)10(13)11-9-7-5-3-4-6-8-9/h3-9H,1,10H2,2H3;3,5,7H,4,6,8H2,1-2H3,(H,11,13)/p+1. The minimum atomic E-state index is -0.390. The SMILES string of the molecule is C=C1C(=O)[N+](C)(Cc2ccccc2O)c2ccc(F)cc21.CN(C)C(=S)NC1=CC=CCCC1. The van der Waals surface area contributed by atoms with Crippen molar-refractivity contribution in [2.45, 2.75) is 25.8 Å². The Labute approximate surface area is 206 Å². The Morgan fingerprint density at radius 3 is 2.71 bits per heavy atom. The summed E-state index contributed by atoms with van der Waals surface area (Å²) >= 11 is 5.15. The lowest BCUT2D eigenvalue weighted by Crippen LogP contribution is -2.46. The van der Waals surface area contributed by atoms with Gasteiger partial charge < -0.3 is 15.3 Å². The van der Waals surface area contributed by atoms with Crippen LogP contribution in [0, 0.1) is 5.82 Å². The molecular formula is C27H31FN3O2S+. The maximum atomic E-state index is 13.4. The van der Waals surface area contributed by atoms with Gasteiger partial charge in [-0.2, -0.15) is 0 Å². The van der Waals surface area contributed by atoms with Gasteiger partial charge in [0, 0.05) is 31.4 Å². The Bertz CT molecular complexity index is 1170. The number of nitrogens with one attached hydrogen (secondary N) is 1. The number of amides is 1. The van der Waals surface area contributed by atoms with Gasteiger partial charge >= 0.3 is 5.91 Å². The summed E-state index contributed by atoms with van der Waals surface area (Å²) in [6.45, 7) is 4.08. The van der Waals surface area contributed by atoms with Crippen LogP contribution in [0.15, 0.2) is 73.0 Å². The van der Waals surface area contributed by atoms with Crippen LogP contribution in [0.25, 0.3) is 5.57 Å². The first kappa shape index (κ1) is 25.3. The number of quaternary nitrogens is 1. The topological polar surface area (TPSA) is 52.6 Å². The summed E-state index contributed by atoms with van der Waals surface area (Å²) in [6.07, 6.45) is 9.83. The van der Waals surface area contributed by atoms with Crippen molar-refractivity contribution in [1.29, 1.82) is 0 Å². The third kappa shape index (κ3) is 5.61. The van der Waals surface area contributed by atoms with Crippen LogP contribution in [-0.2, 0) is 11.3 Å². The van der Waals surface area contributed by atoms with Gasteiger partial charge in [-0.3, -0.25) is 0 Å². The number of thiocarbonyl (C=S) groups is 1. The molecule has 0 bridgehead atoms. The van der Waals surface area contributed by atoms with Crippen LogP contribution in [0.3, 0.4) is 0 Å². The summed E-state index contributed by atoms with van der Waals surface area (Å²) in [7, 11) is 5.65. The van der Waals surface area contributed by atoms with Gasteiger partial charge in [-0.25, -0.2) is 13.7 Å². The molecule has 0 saturated carbocycles. The minimum absolute atomic E-state index is 0.0496. The fraction of sp³-hybridized carbons (Fsp3) is 0.259. The van der Waals surface area contributed by atoms with Gasteiger partial charge in [0.05, 0.1) is 18.2 Å². The summed E-state index contributed by atoms with van der Waals surface area (Å²) in [4.78, 5) is 14.5. The summed E-state index contributed by atoms with van der Waals surface area (Å²) in [5.41, 5.74) is 3.43. The van der Waals surface area contributed by atoms with Gasteiger partial charge in [-0.1, -0.05) is 30.9 Å². The van der Waals surface area contributed by atoms with Crippen LogP contribution >= 0.6 is 12.2 Å². The molecule has 1 amide bonds. The predicted octanol–water partition coefficient (Wildman–Crippen LogP) is 5.27. The molecule has 0 spiro atoms. The van der Waals surface area contributed by atoms with Gasteiger partial charge in [-0.15, -0.1) is 0 Å². The maximum Gasteiger partial charge on any atom is 0.351 e. The molecule has 1 aliphatic carbocycles. The number of halogens is 1. The Morgan fingerprint density at radius 1 is 1.26 bits per heavy atom. The highest BCUT2D eigenvalue weighted by Gasteiger charge is 2.46. The molecule has 178 valence electrons. The van der Waals surface area contributed by atoms with Gasteiger partial charge in [0.2, 0.25) is 0 Å². The lowest BCUT2D eigenvalue weighted by atomic mass is 10.1. The third-order valence-electron chi connectivity index (χ3n) is 5.92. The zero-order valence-electron chi connectivity index (χ0n) is 19.8.